The van der Waals surface area contributed by atoms with Gasteiger partial charge in [0.2, 0.25) is 0 Å². The van der Waals surface area contributed by atoms with Crippen LogP contribution in [0.15, 0.2) is 243 Å². The van der Waals surface area contributed by atoms with Crippen molar-refractivity contribution >= 4 is 65.2 Å². The van der Waals surface area contributed by atoms with Crippen LogP contribution in [0, 0.1) is 0 Å². The fraction of sp³-hybridized carbons (Fsp3) is 0. The van der Waals surface area contributed by atoms with Crippen molar-refractivity contribution in [2.24, 2.45) is 0 Å². The SMILES string of the molecule is c1ccc(-c2ccc(-c3cc4ccc(-c5ccccc5-n5c6ccccc6c6cc(-c7ccc8c(c7)c7ccccc7n8-c7ccccc7)ccc65)cc4c4ccccc34)cc2)cc1. The first-order valence-corrected chi connectivity index (χ1v) is 22.1. The maximum Gasteiger partial charge on any atom is 0.0541 e. The van der Waals surface area contributed by atoms with Crippen molar-refractivity contribution in [2.75, 3.05) is 0 Å². The number of aromatic nitrogens is 2. The molecular weight excluding hydrogens is 773 g/mol. The van der Waals surface area contributed by atoms with Crippen molar-refractivity contribution in [3.63, 3.8) is 0 Å². The van der Waals surface area contributed by atoms with Crippen LogP contribution in [0.5, 0.6) is 0 Å². The van der Waals surface area contributed by atoms with Crippen LogP contribution >= 0.6 is 0 Å². The van der Waals surface area contributed by atoms with Gasteiger partial charge >= 0.3 is 0 Å². The summed E-state index contributed by atoms with van der Waals surface area (Å²) in [6.45, 7) is 0. The lowest BCUT2D eigenvalue weighted by Gasteiger charge is -2.16. The normalized spacial score (nSPS) is 11.8. The lowest BCUT2D eigenvalue weighted by molar-refractivity contribution is 1.18. The minimum Gasteiger partial charge on any atom is -0.309 e. The molecule has 0 radical (unpaired) electrons. The first-order valence-electron chi connectivity index (χ1n) is 22.1. The van der Waals surface area contributed by atoms with Crippen LogP contribution in [-0.2, 0) is 0 Å². The lowest BCUT2D eigenvalue weighted by Crippen LogP contribution is -1.97. The highest BCUT2D eigenvalue weighted by atomic mass is 15.0. The topological polar surface area (TPSA) is 9.86 Å². The van der Waals surface area contributed by atoms with Gasteiger partial charge in [0, 0.05) is 32.8 Å². The van der Waals surface area contributed by atoms with Gasteiger partial charge in [-0.1, -0.05) is 176 Å². The second-order valence-corrected chi connectivity index (χ2v) is 16.9. The molecule has 0 bridgehead atoms. The predicted molar refractivity (Wildman–Crippen MR) is 272 cm³/mol. The van der Waals surface area contributed by atoms with E-state index in [0.717, 1.165) is 5.69 Å². The van der Waals surface area contributed by atoms with Crippen molar-refractivity contribution in [3.8, 4) is 55.9 Å². The standard InChI is InChI=1S/C62H40N2/c1-3-15-41(16-4-1)42-27-29-43(30-28-42)54-40-47-32-31-46(39-55(47)51-21-8-7-20-50(51)54)49-19-9-12-24-58(49)64-60-26-14-11-23-53(60)57-38-45(34-36-62(57)64)44-33-35-61-56(37-44)52-22-10-13-25-59(52)63(61)48-17-5-2-6-18-48/h1-40H. The Morgan fingerprint density at radius 2 is 0.688 bits per heavy atom. The second kappa shape index (κ2) is 14.6. The molecule has 0 saturated heterocycles. The summed E-state index contributed by atoms with van der Waals surface area (Å²) >= 11 is 0. The third-order valence-corrected chi connectivity index (χ3v) is 13.3. The quantitative estimate of drug-likeness (QED) is 0.148. The van der Waals surface area contributed by atoms with Gasteiger partial charge in [-0.2, -0.15) is 0 Å². The van der Waals surface area contributed by atoms with E-state index in [4.69, 9.17) is 0 Å². The van der Waals surface area contributed by atoms with Gasteiger partial charge in [-0.3, -0.25) is 0 Å². The van der Waals surface area contributed by atoms with E-state index in [1.165, 1.54) is 115 Å². The summed E-state index contributed by atoms with van der Waals surface area (Å²) in [5, 5.41) is 9.99. The Morgan fingerprint density at radius 1 is 0.219 bits per heavy atom. The van der Waals surface area contributed by atoms with Gasteiger partial charge in [0.05, 0.1) is 27.8 Å². The van der Waals surface area contributed by atoms with E-state index in [9.17, 15) is 0 Å². The molecule has 298 valence electrons. The summed E-state index contributed by atoms with van der Waals surface area (Å²) in [6.07, 6.45) is 0. The molecule has 0 amide bonds. The molecule has 2 heterocycles. The minimum atomic E-state index is 1.16. The molecule has 0 aliphatic carbocycles. The van der Waals surface area contributed by atoms with Gasteiger partial charge in [-0.25, -0.2) is 0 Å². The maximum atomic E-state index is 2.46. The van der Waals surface area contributed by atoms with Gasteiger partial charge in [0.15, 0.2) is 0 Å². The van der Waals surface area contributed by atoms with E-state index in [-0.39, 0.29) is 0 Å². The van der Waals surface area contributed by atoms with Crippen molar-refractivity contribution in [3.05, 3.63) is 243 Å². The first-order chi connectivity index (χ1) is 31.7. The monoisotopic (exact) mass is 812 g/mol. The molecule has 2 aromatic heterocycles. The molecule has 0 saturated carbocycles. The highest BCUT2D eigenvalue weighted by Crippen LogP contribution is 2.42. The Labute approximate surface area is 371 Å². The molecule has 11 aromatic carbocycles. The van der Waals surface area contributed by atoms with Crippen molar-refractivity contribution in [2.45, 2.75) is 0 Å². The van der Waals surface area contributed by atoms with Crippen molar-refractivity contribution < 1.29 is 0 Å². The zero-order valence-electron chi connectivity index (χ0n) is 35.0. The fourth-order valence-electron chi connectivity index (χ4n) is 10.3. The summed E-state index contributed by atoms with van der Waals surface area (Å²) in [7, 11) is 0. The molecule has 0 aliphatic heterocycles. The Bertz CT molecular complexity index is 3930. The summed E-state index contributed by atoms with van der Waals surface area (Å²) in [4.78, 5) is 0. The average molecular weight is 813 g/mol. The van der Waals surface area contributed by atoms with Gasteiger partial charge in [-0.05, 0) is 127 Å². The summed E-state index contributed by atoms with van der Waals surface area (Å²) in [5.41, 5.74) is 16.9. The number of hydrogen-bond donors (Lipinski definition) is 0. The highest BCUT2D eigenvalue weighted by Gasteiger charge is 2.19. The fourth-order valence-corrected chi connectivity index (χ4v) is 10.3. The van der Waals surface area contributed by atoms with Crippen LogP contribution in [0.3, 0.4) is 0 Å². The Hall–Kier alpha value is -8.46. The second-order valence-electron chi connectivity index (χ2n) is 16.9. The molecule has 0 N–H and O–H groups in total. The van der Waals surface area contributed by atoms with Gasteiger partial charge in [0.1, 0.15) is 0 Å². The number of hydrogen-bond acceptors (Lipinski definition) is 0. The summed E-state index contributed by atoms with van der Waals surface area (Å²) < 4.78 is 4.84. The zero-order valence-corrected chi connectivity index (χ0v) is 35.0. The summed E-state index contributed by atoms with van der Waals surface area (Å²) in [5.74, 6) is 0. The largest absolute Gasteiger partial charge is 0.309 e. The Morgan fingerprint density at radius 3 is 1.39 bits per heavy atom. The molecule has 2 heteroatoms. The van der Waals surface area contributed by atoms with Crippen LogP contribution in [0.1, 0.15) is 0 Å². The van der Waals surface area contributed by atoms with E-state index in [2.05, 4.69) is 252 Å². The Kier molecular flexibility index (Phi) is 8.25. The smallest absolute Gasteiger partial charge is 0.0541 e. The van der Waals surface area contributed by atoms with Crippen LogP contribution in [0.2, 0.25) is 0 Å². The molecule has 0 atom stereocenters. The van der Waals surface area contributed by atoms with Crippen LogP contribution < -0.4 is 0 Å². The third-order valence-electron chi connectivity index (χ3n) is 13.3. The molecular formula is C62H40N2. The van der Waals surface area contributed by atoms with E-state index < -0.39 is 0 Å². The van der Waals surface area contributed by atoms with E-state index in [0.29, 0.717) is 0 Å². The molecule has 0 fully saturated rings. The zero-order chi connectivity index (χ0) is 42.1. The summed E-state index contributed by atoms with van der Waals surface area (Å²) in [6, 6.07) is 89.0. The van der Waals surface area contributed by atoms with Gasteiger partial charge < -0.3 is 9.13 Å². The number of rotatable bonds is 6. The number of para-hydroxylation sites is 4. The Balaban J connectivity index is 0.929. The maximum absolute atomic E-state index is 2.46. The number of fused-ring (bicyclic) bond motifs is 9. The van der Waals surface area contributed by atoms with E-state index >= 15 is 0 Å². The van der Waals surface area contributed by atoms with E-state index in [1.807, 2.05) is 0 Å². The van der Waals surface area contributed by atoms with Crippen LogP contribution in [0.25, 0.3) is 121 Å². The van der Waals surface area contributed by atoms with E-state index in [1.54, 1.807) is 0 Å². The molecule has 0 spiro atoms. The van der Waals surface area contributed by atoms with Gasteiger partial charge in [-0.15, -0.1) is 0 Å². The minimum absolute atomic E-state index is 1.16. The molecule has 13 rings (SSSR count). The van der Waals surface area contributed by atoms with Crippen LogP contribution in [-0.4, -0.2) is 9.13 Å². The first kappa shape index (κ1) is 36.2. The number of nitrogens with zero attached hydrogens (tertiary/aromatic N) is 2. The third kappa shape index (κ3) is 5.73. The lowest BCUT2D eigenvalue weighted by atomic mass is 9.90. The molecule has 0 unspecified atom stereocenters. The average Bonchev–Trinajstić information content (AvgIpc) is 3.89. The van der Waals surface area contributed by atoms with Crippen LogP contribution in [0.4, 0.5) is 0 Å². The molecule has 2 nitrogen and oxygen atoms in total. The molecule has 13 aromatic rings. The van der Waals surface area contributed by atoms with Crippen molar-refractivity contribution in [1.29, 1.82) is 0 Å². The predicted octanol–water partition coefficient (Wildman–Crippen LogP) is 16.9. The van der Waals surface area contributed by atoms with Crippen molar-refractivity contribution in [1.82, 2.24) is 9.13 Å². The molecule has 0 aliphatic rings. The van der Waals surface area contributed by atoms with Gasteiger partial charge in [0.25, 0.3) is 0 Å². The number of benzene rings is 11. The highest BCUT2D eigenvalue weighted by molar-refractivity contribution is 6.16. The molecule has 64 heavy (non-hydrogen) atoms.